The molecule has 0 aromatic heterocycles. The largest absolute Gasteiger partial charge is 0.345 e. The summed E-state index contributed by atoms with van der Waals surface area (Å²) < 4.78 is 0. The quantitative estimate of drug-likeness (QED) is 0.403. The zero-order chi connectivity index (χ0) is 23.1. The van der Waals surface area contributed by atoms with E-state index in [2.05, 4.69) is 43.9 Å². The second kappa shape index (κ2) is 10.5. The van der Waals surface area contributed by atoms with Gasteiger partial charge in [0.1, 0.15) is 0 Å². The highest BCUT2D eigenvalue weighted by molar-refractivity contribution is 6.01. The summed E-state index contributed by atoms with van der Waals surface area (Å²) in [4.78, 5) is 27.2. The van der Waals surface area contributed by atoms with E-state index in [0.717, 1.165) is 16.8 Å². The van der Waals surface area contributed by atoms with Crippen LogP contribution in [0.25, 0.3) is 0 Å². The van der Waals surface area contributed by atoms with Crippen molar-refractivity contribution in [2.75, 3.05) is 10.2 Å². The fourth-order valence-electron chi connectivity index (χ4n) is 3.54. The number of carbonyl (C=O) groups is 2. The van der Waals surface area contributed by atoms with Gasteiger partial charge in [-0.15, -0.1) is 0 Å². The number of nitrogens with one attached hydrogen (secondary N) is 3. The molecule has 32 heavy (non-hydrogen) atoms. The number of urea groups is 2. The Bertz CT molecular complexity index is 984. The number of hydrogen-bond donors (Lipinski definition) is 3. The molecule has 3 aromatic rings. The molecule has 0 fully saturated rings. The lowest BCUT2D eigenvalue weighted by Crippen LogP contribution is -2.49. The molecule has 3 rings (SSSR count). The molecule has 0 radical (unpaired) electrons. The molecule has 3 aromatic carbocycles. The number of rotatable bonds is 5. The Morgan fingerprint density at radius 2 is 1.12 bits per heavy atom. The Balaban J connectivity index is 1.76. The molecule has 0 saturated carbocycles. The standard InChI is InChI=1S/C26H30N4O2/c1-18(2)22-16-11-17-23(19(3)4)24(22)27-25(31)28-29-26(32)30(20-12-7-5-8-13-20)21-14-9-6-10-15-21/h5-19H,1-4H3,(H,29,32)(H2,27,28,31). The van der Waals surface area contributed by atoms with Crippen molar-refractivity contribution in [3.8, 4) is 0 Å². The Hall–Kier alpha value is -3.80. The van der Waals surface area contributed by atoms with E-state index in [1.54, 1.807) is 0 Å². The zero-order valence-corrected chi connectivity index (χ0v) is 18.9. The number of hydrogen-bond acceptors (Lipinski definition) is 2. The van der Waals surface area contributed by atoms with Crippen LogP contribution in [-0.4, -0.2) is 12.1 Å². The normalized spacial score (nSPS) is 10.7. The third-order valence-electron chi connectivity index (χ3n) is 5.13. The summed E-state index contributed by atoms with van der Waals surface area (Å²) >= 11 is 0. The van der Waals surface area contributed by atoms with Gasteiger partial charge in [-0.3, -0.25) is 4.90 Å². The van der Waals surface area contributed by atoms with Crippen LogP contribution in [0.5, 0.6) is 0 Å². The second-order valence-electron chi connectivity index (χ2n) is 8.14. The van der Waals surface area contributed by atoms with Crippen molar-refractivity contribution in [3.05, 3.63) is 90.0 Å². The minimum atomic E-state index is -0.505. The molecule has 0 unspecified atom stereocenters. The van der Waals surface area contributed by atoms with Crippen LogP contribution in [0, 0.1) is 0 Å². The molecular weight excluding hydrogens is 400 g/mol. The number of amides is 4. The SMILES string of the molecule is CC(C)c1cccc(C(C)C)c1NC(=O)NNC(=O)N(c1ccccc1)c1ccccc1. The van der Waals surface area contributed by atoms with E-state index in [0.29, 0.717) is 11.4 Å². The molecule has 0 bridgehead atoms. The van der Waals surface area contributed by atoms with Crippen molar-refractivity contribution in [2.45, 2.75) is 39.5 Å². The summed E-state index contributed by atoms with van der Waals surface area (Å²) in [5.74, 6) is 0.482. The first-order valence-electron chi connectivity index (χ1n) is 10.8. The van der Waals surface area contributed by atoms with E-state index in [4.69, 9.17) is 0 Å². The van der Waals surface area contributed by atoms with E-state index in [-0.39, 0.29) is 11.8 Å². The molecule has 0 aliphatic carbocycles. The van der Waals surface area contributed by atoms with Gasteiger partial charge in [0.15, 0.2) is 0 Å². The van der Waals surface area contributed by atoms with Gasteiger partial charge in [0.25, 0.3) is 0 Å². The number of carbonyl (C=O) groups excluding carboxylic acids is 2. The Kier molecular flexibility index (Phi) is 7.49. The highest BCUT2D eigenvalue weighted by atomic mass is 16.2. The predicted molar refractivity (Wildman–Crippen MR) is 130 cm³/mol. The first-order chi connectivity index (χ1) is 15.4. The van der Waals surface area contributed by atoms with E-state index in [1.807, 2.05) is 78.9 Å². The van der Waals surface area contributed by atoms with Crippen LogP contribution in [0.2, 0.25) is 0 Å². The first kappa shape index (κ1) is 22.9. The maximum Gasteiger partial charge on any atom is 0.345 e. The van der Waals surface area contributed by atoms with Gasteiger partial charge in [0.05, 0.1) is 11.4 Å². The fourth-order valence-corrected chi connectivity index (χ4v) is 3.54. The Labute approximate surface area is 189 Å². The summed E-state index contributed by atoms with van der Waals surface area (Å²) in [6.45, 7) is 8.34. The maximum atomic E-state index is 13.0. The van der Waals surface area contributed by atoms with Gasteiger partial charge in [-0.1, -0.05) is 82.3 Å². The van der Waals surface area contributed by atoms with Gasteiger partial charge in [0.2, 0.25) is 0 Å². The average molecular weight is 431 g/mol. The summed E-state index contributed by atoms with van der Waals surface area (Å²) in [5.41, 5.74) is 9.27. The number of para-hydroxylation sites is 3. The number of anilines is 3. The van der Waals surface area contributed by atoms with E-state index in [1.165, 1.54) is 4.90 Å². The van der Waals surface area contributed by atoms with Gasteiger partial charge in [-0.25, -0.2) is 20.4 Å². The van der Waals surface area contributed by atoms with Crippen LogP contribution in [0.4, 0.5) is 26.7 Å². The molecule has 4 amide bonds. The number of hydrazine groups is 1. The van der Waals surface area contributed by atoms with Crippen molar-refractivity contribution >= 4 is 29.1 Å². The highest BCUT2D eigenvalue weighted by Gasteiger charge is 2.20. The number of benzene rings is 3. The molecule has 0 heterocycles. The topological polar surface area (TPSA) is 73.5 Å². The highest BCUT2D eigenvalue weighted by Crippen LogP contribution is 2.32. The fraction of sp³-hybridized carbons (Fsp3) is 0.231. The number of nitrogens with zero attached hydrogens (tertiary/aromatic N) is 1. The summed E-state index contributed by atoms with van der Waals surface area (Å²) in [6.07, 6.45) is 0. The van der Waals surface area contributed by atoms with Gasteiger partial charge in [-0.2, -0.15) is 0 Å². The van der Waals surface area contributed by atoms with Crippen LogP contribution in [0.15, 0.2) is 78.9 Å². The van der Waals surface area contributed by atoms with Gasteiger partial charge >= 0.3 is 12.1 Å². The zero-order valence-electron chi connectivity index (χ0n) is 18.9. The lowest BCUT2D eigenvalue weighted by molar-refractivity contribution is 0.235. The van der Waals surface area contributed by atoms with Crippen molar-refractivity contribution in [2.24, 2.45) is 0 Å². The molecule has 0 aliphatic heterocycles. The molecule has 0 saturated heterocycles. The molecule has 3 N–H and O–H groups in total. The Morgan fingerprint density at radius 3 is 1.56 bits per heavy atom. The van der Waals surface area contributed by atoms with Crippen LogP contribution >= 0.6 is 0 Å². The summed E-state index contributed by atoms with van der Waals surface area (Å²) in [6, 6.07) is 23.6. The Morgan fingerprint density at radius 1 is 0.656 bits per heavy atom. The third-order valence-corrected chi connectivity index (χ3v) is 5.13. The lowest BCUT2D eigenvalue weighted by atomic mass is 9.93. The van der Waals surface area contributed by atoms with Gasteiger partial charge in [0, 0.05) is 5.69 Å². The molecule has 0 aliphatic rings. The predicted octanol–water partition coefficient (Wildman–Crippen LogP) is 6.52. The minimum absolute atomic E-state index is 0.241. The maximum absolute atomic E-state index is 13.0. The van der Waals surface area contributed by atoms with Crippen molar-refractivity contribution < 1.29 is 9.59 Å². The minimum Gasteiger partial charge on any atom is -0.306 e. The monoisotopic (exact) mass is 430 g/mol. The lowest BCUT2D eigenvalue weighted by Gasteiger charge is -2.24. The average Bonchev–Trinajstić information content (AvgIpc) is 2.79. The van der Waals surface area contributed by atoms with Gasteiger partial charge < -0.3 is 5.32 Å². The molecule has 6 nitrogen and oxygen atoms in total. The van der Waals surface area contributed by atoms with Crippen LogP contribution in [-0.2, 0) is 0 Å². The summed E-state index contributed by atoms with van der Waals surface area (Å²) in [5, 5.41) is 2.93. The van der Waals surface area contributed by atoms with Gasteiger partial charge in [-0.05, 0) is 47.2 Å². The third kappa shape index (κ3) is 5.46. The molecular formula is C26H30N4O2. The molecule has 166 valence electrons. The molecule has 0 atom stereocenters. The summed E-state index contributed by atoms with van der Waals surface area (Å²) in [7, 11) is 0. The van der Waals surface area contributed by atoms with E-state index >= 15 is 0 Å². The van der Waals surface area contributed by atoms with Crippen LogP contribution in [0.3, 0.4) is 0 Å². The van der Waals surface area contributed by atoms with E-state index in [9.17, 15) is 9.59 Å². The van der Waals surface area contributed by atoms with Crippen molar-refractivity contribution in [1.29, 1.82) is 0 Å². The van der Waals surface area contributed by atoms with Crippen molar-refractivity contribution in [1.82, 2.24) is 10.9 Å². The smallest absolute Gasteiger partial charge is 0.306 e. The van der Waals surface area contributed by atoms with Crippen LogP contribution < -0.4 is 21.1 Å². The van der Waals surface area contributed by atoms with Crippen molar-refractivity contribution in [3.63, 3.8) is 0 Å². The van der Waals surface area contributed by atoms with Crippen LogP contribution in [0.1, 0.15) is 50.7 Å². The van der Waals surface area contributed by atoms with E-state index < -0.39 is 12.1 Å². The molecule has 0 spiro atoms. The first-order valence-corrected chi connectivity index (χ1v) is 10.8. The molecule has 6 heteroatoms. The second-order valence-corrected chi connectivity index (χ2v) is 8.14.